The van der Waals surface area contributed by atoms with E-state index >= 15 is 0 Å². The van der Waals surface area contributed by atoms with E-state index in [-0.39, 0.29) is 30.9 Å². The monoisotopic (exact) mass is 482 g/mol. The summed E-state index contributed by atoms with van der Waals surface area (Å²) in [7, 11) is -4.06. The van der Waals surface area contributed by atoms with Crippen molar-refractivity contribution in [2.24, 2.45) is 0 Å². The lowest BCUT2D eigenvalue weighted by Crippen LogP contribution is -2.36. The molecule has 2 heterocycles. The van der Waals surface area contributed by atoms with E-state index in [1.54, 1.807) is 44.2 Å². The van der Waals surface area contributed by atoms with E-state index in [1.807, 2.05) is 0 Å². The van der Waals surface area contributed by atoms with Gasteiger partial charge in [-0.2, -0.15) is 10.1 Å². The van der Waals surface area contributed by atoms with E-state index in [0.29, 0.717) is 0 Å². The maximum Gasteiger partial charge on any atom is 0.459 e. The molecule has 1 aliphatic rings. The van der Waals surface area contributed by atoms with Crippen LogP contribution in [0.5, 0.6) is 5.75 Å². The van der Waals surface area contributed by atoms with Crippen molar-refractivity contribution in [2.45, 2.75) is 45.4 Å². The normalized spacial score (nSPS) is 20.8. The summed E-state index contributed by atoms with van der Waals surface area (Å²) in [5.41, 5.74) is 4.90. The highest BCUT2D eigenvalue weighted by Gasteiger charge is 2.36. The van der Waals surface area contributed by atoms with E-state index in [0.717, 1.165) is 0 Å². The number of ether oxygens (including phenoxy) is 3. The molecule has 12 nitrogen and oxygen atoms in total. The first-order valence-electron chi connectivity index (χ1n) is 10.2. The number of rotatable bonds is 10. The molecule has 1 aliphatic heterocycles. The number of para-hydroxylation sites is 1. The van der Waals surface area contributed by atoms with Crippen molar-refractivity contribution in [3.8, 4) is 5.75 Å². The third kappa shape index (κ3) is 7.11. The van der Waals surface area contributed by atoms with Gasteiger partial charge in [0, 0.05) is 6.20 Å². The zero-order valence-corrected chi connectivity index (χ0v) is 19.3. The van der Waals surface area contributed by atoms with Gasteiger partial charge in [-0.05, 0) is 39.0 Å². The number of carbonyl (C=O) groups is 1. The number of nitrogens with one attached hydrogen (secondary N) is 1. The van der Waals surface area contributed by atoms with Crippen molar-refractivity contribution < 1.29 is 32.6 Å². The first-order chi connectivity index (χ1) is 15.6. The Morgan fingerprint density at radius 2 is 2.03 bits per heavy atom. The van der Waals surface area contributed by atoms with Crippen LogP contribution in [0.4, 0.5) is 5.82 Å². The minimum Gasteiger partial charge on any atom is -0.462 e. The largest absolute Gasteiger partial charge is 0.462 e. The number of nitrogens with two attached hydrogens (primary N) is 1. The lowest BCUT2D eigenvalue weighted by Gasteiger charge is -2.24. The average molecular weight is 482 g/mol. The van der Waals surface area contributed by atoms with Gasteiger partial charge in [-0.3, -0.25) is 13.9 Å². The lowest BCUT2D eigenvalue weighted by atomic mass is 10.3. The van der Waals surface area contributed by atoms with Gasteiger partial charge in [-0.1, -0.05) is 18.2 Å². The number of nitrogens with zero attached hydrogens (tertiary/aromatic N) is 2. The molecule has 1 saturated heterocycles. The molecule has 180 valence electrons. The number of benzene rings is 1. The standard InChI is InChI=1S/C20H27N4O8P/c1-13(2)30-19(25)14(3)23-33(27,32-15-7-5-4-6-8-15)29-12-18-28-11-17(31-18)24-10-9-16(21)22-20(24)26/h4-10,13-14,17-18H,11-12H2,1-3H3,(H,23,27)(H2,21,22,26)/t14-,17-,18-,33?/m0/s1. The molecule has 1 aromatic heterocycles. The van der Waals surface area contributed by atoms with Crippen molar-refractivity contribution in [1.82, 2.24) is 14.6 Å². The van der Waals surface area contributed by atoms with Gasteiger partial charge in [-0.15, -0.1) is 0 Å². The Bertz CT molecular complexity index is 1050. The zero-order chi connectivity index (χ0) is 24.0. The molecular formula is C20H27N4O8P. The van der Waals surface area contributed by atoms with Crippen LogP contribution in [0.3, 0.4) is 0 Å². The molecule has 0 radical (unpaired) electrons. The first-order valence-corrected chi connectivity index (χ1v) is 11.8. The number of hydrogen-bond donors (Lipinski definition) is 2. The molecule has 0 aliphatic carbocycles. The summed E-state index contributed by atoms with van der Waals surface area (Å²) in [6, 6.07) is 8.81. The fourth-order valence-electron chi connectivity index (χ4n) is 2.82. The number of nitrogen functional groups attached to an aromatic ring is 1. The number of hydrogen-bond acceptors (Lipinski definition) is 10. The average Bonchev–Trinajstić information content (AvgIpc) is 3.21. The Morgan fingerprint density at radius 1 is 1.30 bits per heavy atom. The molecule has 3 N–H and O–H groups in total. The second-order valence-electron chi connectivity index (χ2n) is 7.43. The highest BCUT2D eigenvalue weighted by molar-refractivity contribution is 7.52. The first kappa shape index (κ1) is 24.9. The van der Waals surface area contributed by atoms with Gasteiger partial charge < -0.3 is 24.5 Å². The van der Waals surface area contributed by atoms with Crippen LogP contribution in [0.1, 0.15) is 27.0 Å². The number of carbonyl (C=O) groups excluding carboxylic acids is 1. The highest BCUT2D eigenvalue weighted by atomic mass is 31.2. The molecule has 33 heavy (non-hydrogen) atoms. The van der Waals surface area contributed by atoms with Gasteiger partial charge in [0.15, 0.2) is 12.5 Å². The molecule has 0 amide bonds. The maximum absolute atomic E-state index is 13.4. The quantitative estimate of drug-likeness (QED) is 0.377. The van der Waals surface area contributed by atoms with E-state index in [4.69, 9.17) is 29.0 Å². The van der Waals surface area contributed by atoms with Crippen molar-refractivity contribution >= 4 is 19.5 Å². The molecular weight excluding hydrogens is 455 g/mol. The SMILES string of the molecule is CC(C)OC(=O)[C@H](C)NP(=O)(OC[C@H]1OC[C@@H](n2ccc(N)nc2=O)O1)Oc1ccccc1. The summed E-state index contributed by atoms with van der Waals surface area (Å²) in [5.74, 6) is -0.261. The highest BCUT2D eigenvalue weighted by Crippen LogP contribution is 2.45. The van der Waals surface area contributed by atoms with Crippen LogP contribution in [-0.4, -0.2) is 47.2 Å². The molecule has 0 saturated carbocycles. The second-order valence-corrected chi connectivity index (χ2v) is 9.12. The van der Waals surface area contributed by atoms with Gasteiger partial charge >= 0.3 is 19.4 Å². The summed E-state index contributed by atoms with van der Waals surface area (Å²) < 4.78 is 42.0. The van der Waals surface area contributed by atoms with Crippen molar-refractivity contribution in [1.29, 1.82) is 0 Å². The smallest absolute Gasteiger partial charge is 0.459 e. The molecule has 2 aromatic rings. The summed E-state index contributed by atoms with van der Waals surface area (Å²) in [5, 5.41) is 2.58. The predicted octanol–water partition coefficient (Wildman–Crippen LogP) is 1.83. The minimum atomic E-state index is -4.06. The van der Waals surface area contributed by atoms with Crippen LogP contribution >= 0.6 is 7.75 Å². The fraction of sp³-hybridized carbons (Fsp3) is 0.450. The van der Waals surface area contributed by atoms with Crippen LogP contribution in [0.25, 0.3) is 0 Å². The molecule has 4 atom stereocenters. The van der Waals surface area contributed by atoms with Crippen molar-refractivity contribution in [2.75, 3.05) is 18.9 Å². The van der Waals surface area contributed by atoms with Crippen molar-refractivity contribution in [3.05, 3.63) is 53.1 Å². The van der Waals surface area contributed by atoms with Gasteiger partial charge in [0.05, 0.1) is 12.7 Å². The van der Waals surface area contributed by atoms with Crippen molar-refractivity contribution in [3.63, 3.8) is 0 Å². The van der Waals surface area contributed by atoms with Crippen LogP contribution in [0.2, 0.25) is 0 Å². The van der Waals surface area contributed by atoms with Gasteiger partial charge in [0.2, 0.25) is 0 Å². The third-order valence-electron chi connectivity index (χ3n) is 4.30. The van der Waals surface area contributed by atoms with E-state index in [1.165, 1.54) is 23.8 Å². The van der Waals surface area contributed by atoms with Crippen LogP contribution < -0.4 is 21.0 Å². The minimum absolute atomic E-state index is 0.0356. The number of aromatic nitrogens is 2. The third-order valence-corrected chi connectivity index (χ3v) is 5.95. The summed E-state index contributed by atoms with van der Waals surface area (Å²) in [6.07, 6.45) is -0.622. The Morgan fingerprint density at radius 3 is 2.70 bits per heavy atom. The Kier molecular flexibility index (Phi) is 8.22. The molecule has 13 heteroatoms. The molecule has 0 bridgehead atoms. The maximum atomic E-state index is 13.4. The van der Waals surface area contributed by atoms with E-state index in [2.05, 4.69) is 10.1 Å². The summed E-state index contributed by atoms with van der Waals surface area (Å²) >= 11 is 0. The van der Waals surface area contributed by atoms with Gasteiger partial charge in [-0.25, -0.2) is 9.36 Å². The molecule has 1 unspecified atom stereocenters. The summed E-state index contributed by atoms with van der Waals surface area (Å²) in [4.78, 5) is 27.8. The molecule has 1 aromatic carbocycles. The summed E-state index contributed by atoms with van der Waals surface area (Å²) in [6.45, 7) is 4.61. The Hall–Kier alpha value is -2.76. The second kappa shape index (κ2) is 10.9. The fourth-order valence-corrected chi connectivity index (χ4v) is 4.29. The molecule has 3 rings (SSSR count). The Balaban J connectivity index is 1.66. The van der Waals surface area contributed by atoms with Crippen LogP contribution in [-0.2, 0) is 28.1 Å². The molecule has 1 fully saturated rings. The molecule has 0 spiro atoms. The van der Waals surface area contributed by atoms with Gasteiger partial charge in [0.25, 0.3) is 0 Å². The lowest BCUT2D eigenvalue weighted by molar-refractivity contribution is -0.149. The van der Waals surface area contributed by atoms with E-state index in [9.17, 15) is 14.2 Å². The van der Waals surface area contributed by atoms with Crippen LogP contribution in [0.15, 0.2) is 47.4 Å². The predicted molar refractivity (Wildman–Crippen MR) is 117 cm³/mol. The van der Waals surface area contributed by atoms with Crippen LogP contribution in [0, 0.1) is 0 Å². The van der Waals surface area contributed by atoms with Gasteiger partial charge in [0.1, 0.15) is 24.2 Å². The number of anilines is 1. The number of esters is 1. The zero-order valence-electron chi connectivity index (χ0n) is 18.5. The van der Waals surface area contributed by atoms with E-state index < -0.39 is 38.0 Å². The Labute approximate surface area is 190 Å². The topological polar surface area (TPSA) is 153 Å².